The lowest BCUT2D eigenvalue weighted by Gasteiger charge is -2.53. The second-order valence-electron chi connectivity index (χ2n) is 16.9. The van der Waals surface area contributed by atoms with Crippen LogP contribution in [0.2, 0.25) is 0 Å². The Morgan fingerprint density at radius 2 is 1.52 bits per heavy atom. The molecule has 0 aromatic rings. The van der Waals surface area contributed by atoms with Crippen LogP contribution in [-0.2, 0) is 52.3 Å². The van der Waals surface area contributed by atoms with E-state index in [1.54, 1.807) is 39.8 Å². The lowest BCUT2D eigenvalue weighted by Crippen LogP contribution is -2.62. The summed E-state index contributed by atoms with van der Waals surface area (Å²) < 4.78 is 40.7. The van der Waals surface area contributed by atoms with Crippen molar-refractivity contribution in [1.29, 1.82) is 0 Å². The average molecular weight is 795 g/mol. The Bertz CT molecular complexity index is 1510. The van der Waals surface area contributed by atoms with Crippen LogP contribution in [0.3, 0.4) is 0 Å². The molecule has 4 aliphatic heterocycles. The van der Waals surface area contributed by atoms with Crippen LogP contribution in [0.4, 0.5) is 0 Å². The number of ether oxygens (including phenoxy) is 7. The molecule has 0 spiro atoms. The van der Waals surface area contributed by atoms with Crippen LogP contribution in [0.1, 0.15) is 112 Å². The van der Waals surface area contributed by atoms with Crippen molar-refractivity contribution in [2.45, 2.75) is 173 Å². The molecule has 0 aromatic carbocycles. The van der Waals surface area contributed by atoms with Crippen molar-refractivity contribution in [2.75, 3.05) is 14.2 Å². The number of fused-ring (bicyclic) bond motifs is 6. The average Bonchev–Trinajstić information content (AvgIpc) is 3.08. The molecule has 0 aliphatic carbocycles. The first-order valence-corrected chi connectivity index (χ1v) is 19.6. The molecule has 15 nitrogen and oxygen atoms in total. The van der Waals surface area contributed by atoms with E-state index in [4.69, 9.17) is 33.2 Å². The lowest BCUT2D eigenvalue weighted by atomic mass is 9.70. The highest BCUT2D eigenvalue weighted by molar-refractivity contribution is 5.83. The van der Waals surface area contributed by atoms with Gasteiger partial charge in [-0.2, -0.15) is 0 Å². The van der Waals surface area contributed by atoms with Crippen molar-refractivity contribution in [3.8, 4) is 0 Å². The van der Waals surface area contributed by atoms with E-state index in [-0.39, 0.29) is 57.8 Å². The van der Waals surface area contributed by atoms with Gasteiger partial charge in [-0.05, 0) is 32.6 Å². The second-order valence-corrected chi connectivity index (χ2v) is 16.9. The number of aliphatic hydroxyl groups is 4. The fourth-order valence-electron chi connectivity index (χ4n) is 7.95. The van der Waals surface area contributed by atoms with E-state index in [9.17, 15) is 39.6 Å². The molecule has 56 heavy (non-hydrogen) atoms. The van der Waals surface area contributed by atoms with E-state index in [1.807, 2.05) is 6.92 Å². The molecule has 4 rings (SSSR count). The predicted molar refractivity (Wildman–Crippen MR) is 199 cm³/mol. The highest BCUT2D eigenvalue weighted by atomic mass is 16.6. The van der Waals surface area contributed by atoms with Crippen LogP contribution in [0.5, 0.6) is 0 Å². The lowest BCUT2D eigenvalue weighted by molar-refractivity contribution is -0.348. The first-order valence-electron chi connectivity index (χ1n) is 19.6. The van der Waals surface area contributed by atoms with Gasteiger partial charge in [-0.15, -0.1) is 0 Å². The Hall–Kier alpha value is -3.18. The normalized spacial score (nSPS) is 37.7. The molecule has 15 heteroatoms. The number of cyclic esters (lactones) is 1. The van der Waals surface area contributed by atoms with Gasteiger partial charge < -0.3 is 53.6 Å². The van der Waals surface area contributed by atoms with Gasteiger partial charge in [-0.25, -0.2) is 9.59 Å². The van der Waals surface area contributed by atoms with Gasteiger partial charge in [-0.3, -0.25) is 9.59 Å². The van der Waals surface area contributed by atoms with E-state index in [0.717, 1.165) is 0 Å². The molecule has 4 N–H and O–H groups in total. The monoisotopic (exact) mass is 794 g/mol. The fourth-order valence-corrected chi connectivity index (χ4v) is 7.95. The maximum absolute atomic E-state index is 13.3. The molecule has 3 fully saturated rings. The Balaban J connectivity index is 1.80. The zero-order valence-corrected chi connectivity index (χ0v) is 34.0. The SMILES string of the molecule is CCCC(=O)O[C@H]1C[C@H]2C[C@@H](O)CC(=O)O[C@@H]([C@H](C)O)C[C@@H]3C/C(=C\C(=O)OC)C[C@@](O)(O3)C(C)(C)/C=C/[C@H]3C/C(=C\C(=O)OC)C[C@@H](C[C@](O)(O2)C1(C)C)O3. The van der Waals surface area contributed by atoms with Crippen LogP contribution >= 0.6 is 0 Å². The van der Waals surface area contributed by atoms with Crippen LogP contribution in [0.15, 0.2) is 35.5 Å². The fraction of sp³-hybridized carbons (Fsp3) is 0.756. The molecular weight excluding hydrogens is 732 g/mol. The maximum Gasteiger partial charge on any atom is 0.330 e. The highest BCUT2D eigenvalue weighted by Gasteiger charge is 2.58. The number of hydrogen-bond acceptors (Lipinski definition) is 15. The van der Waals surface area contributed by atoms with E-state index < -0.39 is 102 Å². The minimum Gasteiger partial charge on any atom is -0.466 e. The van der Waals surface area contributed by atoms with Gasteiger partial charge in [0.1, 0.15) is 12.2 Å². The first kappa shape index (κ1) is 45.5. The molecule has 0 saturated carbocycles. The quantitative estimate of drug-likeness (QED) is 0.131. The molecule has 0 unspecified atom stereocenters. The van der Waals surface area contributed by atoms with Crippen LogP contribution in [-0.4, -0.2) is 119 Å². The molecule has 0 radical (unpaired) electrons. The van der Waals surface area contributed by atoms with E-state index in [1.165, 1.54) is 33.3 Å². The van der Waals surface area contributed by atoms with Gasteiger partial charge in [0.2, 0.25) is 0 Å². The number of carbonyl (C=O) groups is 4. The predicted octanol–water partition coefficient (Wildman–Crippen LogP) is 3.63. The zero-order valence-electron chi connectivity index (χ0n) is 34.0. The third-order valence-electron chi connectivity index (χ3n) is 11.6. The molecule has 4 aliphatic rings. The Kier molecular flexibility index (Phi) is 15.1. The van der Waals surface area contributed by atoms with Gasteiger partial charge in [0.15, 0.2) is 11.6 Å². The number of esters is 4. The van der Waals surface area contributed by atoms with Gasteiger partial charge in [0, 0.05) is 56.1 Å². The summed E-state index contributed by atoms with van der Waals surface area (Å²) in [4.78, 5) is 50.9. The van der Waals surface area contributed by atoms with Gasteiger partial charge in [0.25, 0.3) is 0 Å². The first-order chi connectivity index (χ1) is 26.1. The maximum atomic E-state index is 13.3. The van der Waals surface area contributed by atoms with Gasteiger partial charge in [-0.1, -0.05) is 57.9 Å². The Labute approximate surface area is 329 Å². The molecule has 3 saturated heterocycles. The van der Waals surface area contributed by atoms with Crippen molar-refractivity contribution in [3.63, 3.8) is 0 Å². The molecule has 316 valence electrons. The molecular formula is C41H62O15. The number of carbonyl (C=O) groups excluding carboxylic acids is 4. The van der Waals surface area contributed by atoms with Crippen molar-refractivity contribution >= 4 is 23.9 Å². The highest BCUT2D eigenvalue weighted by Crippen LogP contribution is 2.50. The number of rotatable bonds is 6. The Morgan fingerprint density at radius 3 is 2.14 bits per heavy atom. The standard InChI is InChI=1S/C41H62O15/c1-9-10-34(44)54-33-21-30-18-27(43)19-37(47)53-32(24(2)42)20-29-15-26(17-36(46)51-8)22-40(48,55-29)38(3,4)12-11-28-13-25(16-35(45)50-7)14-31(52-28)23-41(49,56-30)39(33,5)6/h11-12,16-17,24,27-33,42-43,48-49H,9-10,13-15,18-23H2,1-8H3/b12-11+,25-16+,26-17+/t24-,27+,28-,29-,30+,31-,32+,33-,40+,41-/m0/s1. The third kappa shape index (κ3) is 11.3. The summed E-state index contributed by atoms with van der Waals surface area (Å²) in [5.74, 6) is -6.35. The van der Waals surface area contributed by atoms with Crippen molar-refractivity contribution in [1.82, 2.24) is 0 Å². The minimum absolute atomic E-state index is 0.0616. The van der Waals surface area contributed by atoms with Gasteiger partial charge in [0.05, 0.1) is 62.7 Å². The van der Waals surface area contributed by atoms with Crippen LogP contribution in [0, 0.1) is 10.8 Å². The molecule has 0 amide bonds. The van der Waals surface area contributed by atoms with Crippen molar-refractivity contribution in [3.05, 3.63) is 35.5 Å². The summed E-state index contributed by atoms with van der Waals surface area (Å²) in [6.45, 7) is 10.2. The Morgan fingerprint density at radius 1 is 0.893 bits per heavy atom. The summed E-state index contributed by atoms with van der Waals surface area (Å²) in [6.07, 6.45) is -0.748. The summed E-state index contributed by atoms with van der Waals surface area (Å²) >= 11 is 0. The van der Waals surface area contributed by atoms with E-state index in [2.05, 4.69) is 0 Å². The molecule has 10 atom stereocenters. The van der Waals surface area contributed by atoms with E-state index in [0.29, 0.717) is 17.6 Å². The largest absolute Gasteiger partial charge is 0.466 e. The molecule has 0 aromatic heterocycles. The number of aliphatic hydroxyl groups excluding tert-OH is 2. The third-order valence-corrected chi connectivity index (χ3v) is 11.6. The summed E-state index contributed by atoms with van der Waals surface area (Å²) in [6, 6.07) is 0. The molecule has 4 heterocycles. The molecule has 6 bridgehead atoms. The zero-order chi connectivity index (χ0) is 41.6. The number of hydrogen-bond donors (Lipinski definition) is 4. The number of methoxy groups -OCH3 is 2. The summed E-state index contributed by atoms with van der Waals surface area (Å²) in [7, 11) is 2.51. The smallest absolute Gasteiger partial charge is 0.330 e. The topological polar surface area (TPSA) is 214 Å². The van der Waals surface area contributed by atoms with E-state index >= 15 is 0 Å². The van der Waals surface area contributed by atoms with Crippen LogP contribution < -0.4 is 0 Å². The van der Waals surface area contributed by atoms with Gasteiger partial charge >= 0.3 is 23.9 Å². The second kappa shape index (κ2) is 18.6. The summed E-state index contributed by atoms with van der Waals surface area (Å²) in [5, 5.41) is 46.6. The van der Waals surface area contributed by atoms with Crippen molar-refractivity contribution < 1.29 is 72.8 Å². The van der Waals surface area contributed by atoms with Crippen molar-refractivity contribution in [2.24, 2.45) is 10.8 Å². The minimum atomic E-state index is -1.99. The van der Waals surface area contributed by atoms with Crippen LogP contribution in [0.25, 0.3) is 0 Å². The summed E-state index contributed by atoms with van der Waals surface area (Å²) in [5.41, 5.74) is -1.15.